The quantitative estimate of drug-likeness (QED) is 0.459. The minimum absolute atomic E-state index is 0.202. The van der Waals surface area contributed by atoms with E-state index >= 15 is 0 Å². The number of fused-ring (bicyclic) bond motifs is 1. The van der Waals surface area contributed by atoms with E-state index in [2.05, 4.69) is 49.0 Å². The van der Waals surface area contributed by atoms with E-state index in [-0.39, 0.29) is 22.5 Å². The fourth-order valence-electron chi connectivity index (χ4n) is 5.33. The van der Waals surface area contributed by atoms with E-state index in [4.69, 9.17) is 9.26 Å². The molecule has 2 atom stereocenters. The SMILES string of the molecule is C[C@H]1CN(c2cc(S(=O)(=O)NC3(C)CC3)cc3c(-c4ccc(CN5CCOCC5)nn4)noc23)C[C@H](C)N1. The summed E-state index contributed by atoms with van der Waals surface area (Å²) >= 11 is 0. The Morgan fingerprint density at radius 2 is 1.84 bits per heavy atom. The van der Waals surface area contributed by atoms with Gasteiger partial charge in [-0.25, -0.2) is 13.1 Å². The lowest BCUT2D eigenvalue weighted by atomic mass is 10.1. The molecule has 204 valence electrons. The average molecular weight is 542 g/mol. The van der Waals surface area contributed by atoms with Crippen LogP contribution < -0.4 is 14.9 Å². The third-order valence-corrected chi connectivity index (χ3v) is 9.18. The van der Waals surface area contributed by atoms with Crippen LogP contribution in [-0.4, -0.2) is 85.7 Å². The van der Waals surface area contributed by atoms with Gasteiger partial charge in [-0.3, -0.25) is 4.90 Å². The van der Waals surface area contributed by atoms with Gasteiger partial charge in [0.1, 0.15) is 11.4 Å². The largest absolute Gasteiger partial charge is 0.379 e. The van der Waals surface area contributed by atoms with Gasteiger partial charge in [0.15, 0.2) is 5.58 Å². The highest BCUT2D eigenvalue weighted by Gasteiger charge is 2.41. The standard InChI is InChI=1S/C26H35N7O4S/c1-17-14-33(15-18(2)27-17)23-13-20(38(34,35)31-26(3)6-7-26)12-21-24(30-37-25(21)23)22-5-4-19(28-29-22)16-32-8-10-36-11-9-32/h4-5,12-13,17-18,27,31H,6-11,14-16H2,1-3H3/t17-,18-/m0/s1. The van der Waals surface area contributed by atoms with Crippen LogP contribution in [-0.2, 0) is 21.3 Å². The van der Waals surface area contributed by atoms with Crippen molar-refractivity contribution in [3.8, 4) is 11.4 Å². The minimum atomic E-state index is -3.75. The maximum atomic E-state index is 13.5. The molecule has 38 heavy (non-hydrogen) atoms. The Hall–Kier alpha value is -2.64. The highest BCUT2D eigenvalue weighted by molar-refractivity contribution is 7.89. The summed E-state index contributed by atoms with van der Waals surface area (Å²) in [6.07, 6.45) is 1.66. The van der Waals surface area contributed by atoms with Crippen molar-refractivity contribution >= 4 is 26.7 Å². The number of nitrogens with zero attached hydrogens (tertiary/aromatic N) is 5. The predicted octanol–water partition coefficient (Wildman–Crippen LogP) is 2.13. The van der Waals surface area contributed by atoms with Crippen molar-refractivity contribution in [2.75, 3.05) is 44.3 Å². The molecular formula is C26H35N7O4S. The van der Waals surface area contributed by atoms with E-state index in [0.29, 0.717) is 28.9 Å². The highest BCUT2D eigenvalue weighted by atomic mass is 32.2. The molecule has 12 heteroatoms. The monoisotopic (exact) mass is 541 g/mol. The summed E-state index contributed by atoms with van der Waals surface area (Å²) in [5, 5.41) is 17.4. The smallest absolute Gasteiger partial charge is 0.241 e. The number of sulfonamides is 1. The predicted molar refractivity (Wildman–Crippen MR) is 143 cm³/mol. The van der Waals surface area contributed by atoms with Crippen LogP contribution in [0.3, 0.4) is 0 Å². The average Bonchev–Trinajstić information content (AvgIpc) is 3.44. The van der Waals surface area contributed by atoms with Gasteiger partial charge < -0.3 is 19.5 Å². The Labute approximate surface area is 222 Å². The first-order chi connectivity index (χ1) is 18.2. The van der Waals surface area contributed by atoms with Gasteiger partial charge in [-0.1, -0.05) is 5.16 Å². The number of hydrogen-bond acceptors (Lipinski definition) is 10. The Bertz CT molecular complexity index is 1410. The molecule has 0 amide bonds. The van der Waals surface area contributed by atoms with Crippen molar-refractivity contribution in [3.05, 3.63) is 30.0 Å². The van der Waals surface area contributed by atoms with E-state index in [1.165, 1.54) is 0 Å². The number of piperazine rings is 1. The fourth-order valence-corrected chi connectivity index (χ4v) is 6.84. The minimum Gasteiger partial charge on any atom is -0.379 e. The molecule has 2 aliphatic heterocycles. The molecule has 0 bridgehead atoms. The van der Waals surface area contributed by atoms with E-state index in [0.717, 1.165) is 63.6 Å². The number of benzene rings is 1. The molecule has 6 rings (SSSR count). The van der Waals surface area contributed by atoms with Crippen LogP contribution >= 0.6 is 0 Å². The van der Waals surface area contributed by atoms with Crippen LogP contribution in [0.2, 0.25) is 0 Å². The fraction of sp³-hybridized carbons (Fsp3) is 0.577. The first kappa shape index (κ1) is 25.6. The summed E-state index contributed by atoms with van der Waals surface area (Å²) in [6.45, 7) is 11.5. The number of rotatable bonds is 7. The van der Waals surface area contributed by atoms with Crippen molar-refractivity contribution in [1.29, 1.82) is 0 Å². The van der Waals surface area contributed by atoms with Crippen LogP contribution in [0.25, 0.3) is 22.4 Å². The van der Waals surface area contributed by atoms with Crippen LogP contribution in [0.4, 0.5) is 5.69 Å². The molecule has 3 aliphatic rings. The number of ether oxygens (including phenoxy) is 1. The third-order valence-electron chi connectivity index (χ3n) is 7.57. The normalized spacial score (nSPS) is 24.1. The zero-order chi connectivity index (χ0) is 26.5. The first-order valence-electron chi connectivity index (χ1n) is 13.3. The van der Waals surface area contributed by atoms with Gasteiger partial charge in [-0.2, -0.15) is 5.10 Å². The van der Waals surface area contributed by atoms with Gasteiger partial charge in [0.05, 0.1) is 34.9 Å². The number of anilines is 1. The van der Waals surface area contributed by atoms with Crippen molar-refractivity contribution in [3.63, 3.8) is 0 Å². The van der Waals surface area contributed by atoms with E-state index in [1.807, 2.05) is 19.1 Å². The van der Waals surface area contributed by atoms with E-state index in [9.17, 15) is 8.42 Å². The molecule has 1 saturated carbocycles. The summed E-state index contributed by atoms with van der Waals surface area (Å²) < 4.78 is 41.1. The Balaban J connectivity index is 1.39. The summed E-state index contributed by atoms with van der Waals surface area (Å²) in [5.41, 5.74) is 2.78. The first-order valence-corrected chi connectivity index (χ1v) is 14.8. The third kappa shape index (κ3) is 5.28. The lowest BCUT2D eigenvalue weighted by Gasteiger charge is -2.37. The molecule has 0 radical (unpaired) electrons. The topological polar surface area (TPSA) is 126 Å². The second-order valence-electron chi connectivity index (χ2n) is 11.2. The maximum Gasteiger partial charge on any atom is 0.241 e. The lowest BCUT2D eigenvalue weighted by molar-refractivity contribution is 0.0335. The van der Waals surface area contributed by atoms with Gasteiger partial charge in [-0.15, -0.1) is 5.10 Å². The summed E-state index contributed by atoms with van der Waals surface area (Å²) in [7, 11) is -3.75. The zero-order valence-corrected chi connectivity index (χ0v) is 22.9. The van der Waals surface area contributed by atoms with Crippen LogP contribution in [0, 0.1) is 0 Å². The lowest BCUT2D eigenvalue weighted by Crippen LogP contribution is -2.54. The number of hydrogen-bond donors (Lipinski definition) is 2. The molecule has 3 aromatic rings. The van der Waals surface area contributed by atoms with Crippen molar-refractivity contribution in [2.45, 2.75) is 62.7 Å². The molecule has 1 aromatic carbocycles. The molecule has 4 heterocycles. The van der Waals surface area contributed by atoms with Gasteiger partial charge in [0.2, 0.25) is 10.0 Å². The molecule has 11 nitrogen and oxygen atoms in total. The van der Waals surface area contributed by atoms with E-state index < -0.39 is 10.0 Å². The summed E-state index contributed by atoms with van der Waals surface area (Å²) in [6, 6.07) is 7.66. The Morgan fingerprint density at radius 3 is 2.50 bits per heavy atom. The van der Waals surface area contributed by atoms with Gasteiger partial charge in [0.25, 0.3) is 0 Å². The van der Waals surface area contributed by atoms with Crippen molar-refractivity contribution in [2.24, 2.45) is 0 Å². The van der Waals surface area contributed by atoms with Crippen molar-refractivity contribution < 1.29 is 17.7 Å². The van der Waals surface area contributed by atoms with Gasteiger partial charge >= 0.3 is 0 Å². The molecule has 0 spiro atoms. The Kier molecular flexibility index (Phi) is 6.63. The molecule has 2 saturated heterocycles. The number of nitrogens with one attached hydrogen (secondary N) is 2. The molecule has 2 N–H and O–H groups in total. The highest BCUT2D eigenvalue weighted by Crippen LogP contribution is 2.39. The maximum absolute atomic E-state index is 13.5. The number of aromatic nitrogens is 3. The van der Waals surface area contributed by atoms with Crippen LogP contribution in [0.1, 0.15) is 39.3 Å². The van der Waals surface area contributed by atoms with Gasteiger partial charge in [-0.05, 0) is 57.9 Å². The second kappa shape index (κ2) is 9.83. The molecule has 1 aliphatic carbocycles. The van der Waals surface area contributed by atoms with Crippen LogP contribution in [0.15, 0.2) is 33.7 Å². The molecular weight excluding hydrogens is 506 g/mol. The van der Waals surface area contributed by atoms with Gasteiger partial charge in [0, 0.05) is 50.3 Å². The molecule has 2 aromatic heterocycles. The van der Waals surface area contributed by atoms with Crippen molar-refractivity contribution in [1.82, 2.24) is 30.3 Å². The van der Waals surface area contributed by atoms with Crippen LogP contribution in [0.5, 0.6) is 0 Å². The Morgan fingerprint density at radius 1 is 1.11 bits per heavy atom. The van der Waals surface area contributed by atoms with E-state index in [1.54, 1.807) is 12.1 Å². The summed E-state index contributed by atoms with van der Waals surface area (Å²) in [5.74, 6) is 0. The second-order valence-corrected chi connectivity index (χ2v) is 12.9. The zero-order valence-electron chi connectivity index (χ0n) is 22.1. The number of morpholine rings is 1. The summed E-state index contributed by atoms with van der Waals surface area (Å²) in [4.78, 5) is 4.66. The molecule has 3 fully saturated rings. The molecule has 0 unspecified atom stereocenters.